The lowest BCUT2D eigenvalue weighted by Gasteiger charge is -2.10. The van der Waals surface area contributed by atoms with E-state index >= 15 is 0 Å². The molecular formula is C19H24N4O3. The number of anilines is 1. The standard InChI is InChI=1S/C19H24N4O3/c1-23(2)9-3-8-20-18-7-5-15(12-21-18)19(24)22-11-14-4-6-16-17(10-14)26-13-25-16/h4-7,10,12H,3,8-9,11,13H2,1-2H3,(H,20,21)(H,22,24). The molecule has 2 aromatic rings. The molecular weight excluding hydrogens is 332 g/mol. The van der Waals surface area contributed by atoms with E-state index in [0.717, 1.165) is 36.6 Å². The number of nitrogens with one attached hydrogen (secondary N) is 2. The summed E-state index contributed by atoms with van der Waals surface area (Å²) in [6.07, 6.45) is 2.62. The van der Waals surface area contributed by atoms with Crippen molar-refractivity contribution in [3.8, 4) is 11.5 Å². The molecule has 0 aliphatic carbocycles. The van der Waals surface area contributed by atoms with E-state index in [1.165, 1.54) is 0 Å². The number of nitrogens with zero attached hydrogens (tertiary/aromatic N) is 2. The molecule has 7 heteroatoms. The first-order valence-corrected chi connectivity index (χ1v) is 8.63. The Balaban J connectivity index is 1.47. The predicted molar refractivity (Wildman–Crippen MR) is 99.6 cm³/mol. The Labute approximate surface area is 153 Å². The SMILES string of the molecule is CN(C)CCCNc1ccc(C(=O)NCc2ccc3c(c2)OCO3)cn1. The van der Waals surface area contributed by atoms with Gasteiger partial charge in [0.25, 0.3) is 5.91 Å². The number of benzene rings is 1. The summed E-state index contributed by atoms with van der Waals surface area (Å²) in [7, 11) is 4.10. The number of pyridine rings is 1. The number of aromatic nitrogens is 1. The molecule has 26 heavy (non-hydrogen) atoms. The number of amides is 1. The lowest BCUT2D eigenvalue weighted by molar-refractivity contribution is 0.0950. The van der Waals surface area contributed by atoms with Crippen molar-refractivity contribution in [2.24, 2.45) is 0 Å². The van der Waals surface area contributed by atoms with E-state index in [-0.39, 0.29) is 12.7 Å². The van der Waals surface area contributed by atoms with Crippen LogP contribution in [0.3, 0.4) is 0 Å². The highest BCUT2D eigenvalue weighted by atomic mass is 16.7. The van der Waals surface area contributed by atoms with Crippen molar-refractivity contribution < 1.29 is 14.3 Å². The molecule has 3 rings (SSSR count). The Kier molecular flexibility index (Phi) is 5.91. The Bertz CT molecular complexity index is 747. The molecule has 0 saturated carbocycles. The Hall–Kier alpha value is -2.80. The summed E-state index contributed by atoms with van der Waals surface area (Å²) in [6, 6.07) is 9.23. The fourth-order valence-electron chi connectivity index (χ4n) is 2.58. The van der Waals surface area contributed by atoms with Crippen LogP contribution in [-0.2, 0) is 6.54 Å². The van der Waals surface area contributed by atoms with Crippen molar-refractivity contribution in [1.29, 1.82) is 0 Å². The molecule has 1 aromatic heterocycles. The van der Waals surface area contributed by atoms with Crippen LogP contribution < -0.4 is 20.1 Å². The van der Waals surface area contributed by atoms with Crippen LogP contribution in [0.15, 0.2) is 36.5 Å². The van der Waals surface area contributed by atoms with Gasteiger partial charge in [0, 0.05) is 19.3 Å². The normalized spacial score (nSPS) is 12.3. The molecule has 138 valence electrons. The average molecular weight is 356 g/mol. The molecule has 7 nitrogen and oxygen atoms in total. The average Bonchev–Trinajstić information content (AvgIpc) is 3.11. The van der Waals surface area contributed by atoms with Gasteiger partial charge in [0.15, 0.2) is 11.5 Å². The van der Waals surface area contributed by atoms with Crippen molar-refractivity contribution in [1.82, 2.24) is 15.2 Å². The second-order valence-corrected chi connectivity index (χ2v) is 6.39. The van der Waals surface area contributed by atoms with Gasteiger partial charge in [-0.05, 0) is 56.9 Å². The van der Waals surface area contributed by atoms with Crippen molar-refractivity contribution in [2.45, 2.75) is 13.0 Å². The third kappa shape index (κ3) is 4.86. The number of hydrogen-bond donors (Lipinski definition) is 2. The van der Waals surface area contributed by atoms with Crippen LogP contribution in [0.2, 0.25) is 0 Å². The van der Waals surface area contributed by atoms with Crippen LogP contribution in [0.25, 0.3) is 0 Å². The van der Waals surface area contributed by atoms with E-state index in [0.29, 0.717) is 17.9 Å². The van der Waals surface area contributed by atoms with Crippen LogP contribution >= 0.6 is 0 Å². The van der Waals surface area contributed by atoms with E-state index in [2.05, 4.69) is 34.6 Å². The fourth-order valence-corrected chi connectivity index (χ4v) is 2.58. The van der Waals surface area contributed by atoms with Gasteiger partial charge in [0.2, 0.25) is 6.79 Å². The Morgan fingerprint density at radius 3 is 2.81 bits per heavy atom. The summed E-state index contributed by atoms with van der Waals surface area (Å²) in [6.45, 7) is 2.53. The highest BCUT2D eigenvalue weighted by molar-refractivity contribution is 5.94. The second kappa shape index (κ2) is 8.53. The van der Waals surface area contributed by atoms with Crippen molar-refractivity contribution in [2.75, 3.05) is 39.3 Å². The molecule has 0 radical (unpaired) electrons. The topological polar surface area (TPSA) is 75.7 Å². The van der Waals surface area contributed by atoms with Crippen molar-refractivity contribution in [3.63, 3.8) is 0 Å². The molecule has 1 aliphatic heterocycles. The van der Waals surface area contributed by atoms with Gasteiger partial charge in [0.05, 0.1) is 5.56 Å². The van der Waals surface area contributed by atoms with Crippen LogP contribution in [0.4, 0.5) is 5.82 Å². The third-order valence-electron chi connectivity index (χ3n) is 4.00. The fraction of sp³-hybridized carbons (Fsp3) is 0.368. The molecule has 1 aliphatic rings. The minimum atomic E-state index is -0.158. The van der Waals surface area contributed by atoms with Crippen molar-refractivity contribution in [3.05, 3.63) is 47.7 Å². The number of ether oxygens (including phenoxy) is 2. The van der Waals surface area contributed by atoms with Crippen molar-refractivity contribution >= 4 is 11.7 Å². The minimum absolute atomic E-state index is 0.158. The predicted octanol–water partition coefficient (Wildman–Crippen LogP) is 2.10. The molecule has 0 atom stereocenters. The summed E-state index contributed by atoms with van der Waals surface area (Å²) >= 11 is 0. The van der Waals surface area contributed by atoms with E-state index in [1.807, 2.05) is 24.3 Å². The van der Waals surface area contributed by atoms with E-state index in [9.17, 15) is 4.79 Å². The summed E-state index contributed by atoms with van der Waals surface area (Å²) in [4.78, 5) is 18.7. The molecule has 1 aromatic carbocycles. The molecule has 2 heterocycles. The first kappa shape index (κ1) is 18.0. The molecule has 0 unspecified atom stereocenters. The number of carbonyl (C=O) groups excluding carboxylic acids is 1. The van der Waals surface area contributed by atoms with E-state index in [4.69, 9.17) is 9.47 Å². The number of hydrogen-bond acceptors (Lipinski definition) is 6. The Morgan fingerprint density at radius 1 is 1.19 bits per heavy atom. The molecule has 1 amide bonds. The van der Waals surface area contributed by atoms with Gasteiger partial charge in [-0.3, -0.25) is 4.79 Å². The van der Waals surface area contributed by atoms with Crippen LogP contribution in [-0.4, -0.2) is 49.8 Å². The van der Waals surface area contributed by atoms with Gasteiger partial charge < -0.3 is 25.0 Å². The largest absolute Gasteiger partial charge is 0.454 e. The van der Waals surface area contributed by atoms with E-state index in [1.54, 1.807) is 12.3 Å². The molecule has 0 fully saturated rings. The van der Waals surface area contributed by atoms with Crippen LogP contribution in [0.5, 0.6) is 11.5 Å². The molecule has 0 spiro atoms. The monoisotopic (exact) mass is 356 g/mol. The summed E-state index contributed by atoms with van der Waals surface area (Å²) < 4.78 is 10.6. The van der Waals surface area contributed by atoms with E-state index < -0.39 is 0 Å². The van der Waals surface area contributed by atoms with Gasteiger partial charge in [-0.1, -0.05) is 6.07 Å². The zero-order chi connectivity index (χ0) is 18.4. The number of fused-ring (bicyclic) bond motifs is 1. The zero-order valence-electron chi connectivity index (χ0n) is 15.1. The minimum Gasteiger partial charge on any atom is -0.454 e. The summed E-state index contributed by atoms with van der Waals surface area (Å²) in [5.41, 5.74) is 1.49. The van der Waals surface area contributed by atoms with Gasteiger partial charge in [0.1, 0.15) is 5.82 Å². The summed E-state index contributed by atoms with van der Waals surface area (Å²) in [5, 5.41) is 6.14. The maximum absolute atomic E-state index is 12.3. The maximum Gasteiger partial charge on any atom is 0.253 e. The molecule has 0 bridgehead atoms. The highest BCUT2D eigenvalue weighted by Gasteiger charge is 2.13. The first-order valence-electron chi connectivity index (χ1n) is 8.63. The zero-order valence-corrected chi connectivity index (χ0v) is 15.1. The van der Waals surface area contributed by atoms with Gasteiger partial charge >= 0.3 is 0 Å². The second-order valence-electron chi connectivity index (χ2n) is 6.39. The van der Waals surface area contributed by atoms with Gasteiger partial charge in [-0.15, -0.1) is 0 Å². The third-order valence-corrected chi connectivity index (χ3v) is 4.00. The van der Waals surface area contributed by atoms with Crippen LogP contribution in [0, 0.1) is 0 Å². The van der Waals surface area contributed by atoms with Gasteiger partial charge in [-0.25, -0.2) is 4.98 Å². The molecule has 0 saturated heterocycles. The lowest BCUT2D eigenvalue weighted by Crippen LogP contribution is -2.23. The first-order chi connectivity index (χ1) is 12.6. The number of carbonyl (C=O) groups is 1. The smallest absolute Gasteiger partial charge is 0.253 e. The lowest BCUT2D eigenvalue weighted by atomic mass is 10.2. The van der Waals surface area contributed by atoms with Gasteiger partial charge in [-0.2, -0.15) is 0 Å². The van der Waals surface area contributed by atoms with Crippen LogP contribution in [0.1, 0.15) is 22.3 Å². The Morgan fingerprint density at radius 2 is 2.04 bits per heavy atom. The highest BCUT2D eigenvalue weighted by Crippen LogP contribution is 2.32. The molecule has 2 N–H and O–H groups in total. The summed E-state index contributed by atoms with van der Waals surface area (Å²) in [5.74, 6) is 2.06. The quantitative estimate of drug-likeness (QED) is 0.706. The number of rotatable bonds is 8. The maximum atomic E-state index is 12.3.